The van der Waals surface area contributed by atoms with Gasteiger partial charge in [-0.3, -0.25) is 4.90 Å². The zero-order valence-corrected chi connectivity index (χ0v) is 11.5. The van der Waals surface area contributed by atoms with Gasteiger partial charge in [-0.15, -0.1) is 11.3 Å². The molecule has 4 heteroatoms. The Morgan fingerprint density at radius 2 is 2.29 bits per heavy atom. The maximum absolute atomic E-state index is 4.52. The van der Waals surface area contributed by atoms with E-state index in [9.17, 15) is 0 Å². The number of fused-ring (bicyclic) bond motifs is 1. The van der Waals surface area contributed by atoms with Crippen LogP contribution in [0.3, 0.4) is 0 Å². The summed E-state index contributed by atoms with van der Waals surface area (Å²) < 4.78 is 0. The van der Waals surface area contributed by atoms with E-state index in [0.717, 1.165) is 18.5 Å². The number of nitrogens with one attached hydrogen (secondary N) is 1. The molecule has 0 aliphatic carbocycles. The zero-order chi connectivity index (χ0) is 11.8. The number of hydrogen-bond donors (Lipinski definition) is 1. The van der Waals surface area contributed by atoms with Crippen LogP contribution in [0.5, 0.6) is 0 Å². The molecule has 2 fully saturated rings. The van der Waals surface area contributed by atoms with E-state index in [1.165, 1.54) is 48.1 Å². The lowest BCUT2D eigenvalue weighted by Crippen LogP contribution is -2.43. The lowest BCUT2D eigenvalue weighted by atomic mass is 9.93. The van der Waals surface area contributed by atoms with Crippen molar-refractivity contribution in [3.8, 4) is 0 Å². The minimum absolute atomic E-state index is 0.801. The number of hydrogen-bond acceptors (Lipinski definition) is 4. The van der Waals surface area contributed by atoms with Crippen molar-refractivity contribution >= 4 is 11.3 Å². The van der Waals surface area contributed by atoms with Crippen molar-refractivity contribution in [1.29, 1.82) is 0 Å². The molecular formula is C13H21N3S. The van der Waals surface area contributed by atoms with Gasteiger partial charge in [0.2, 0.25) is 0 Å². The highest BCUT2D eigenvalue weighted by Crippen LogP contribution is 2.27. The first kappa shape index (κ1) is 11.6. The Morgan fingerprint density at radius 1 is 1.41 bits per heavy atom. The predicted octanol–water partition coefficient (Wildman–Crippen LogP) is 1.94. The predicted molar refractivity (Wildman–Crippen MR) is 71.4 cm³/mol. The van der Waals surface area contributed by atoms with E-state index in [-0.39, 0.29) is 0 Å². The molecule has 2 unspecified atom stereocenters. The van der Waals surface area contributed by atoms with E-state index in [1.54, 1.807) is 0 Å². The van der Waals surface area contributed by atoms with E-state index in [0.29, 0.717) is 0 Å². The highest BCUT2D eigenvalue weighted by atomic mass is 32.1. The molecule has 17 heavy (non-hydrogen) atoms. The van der Waals surface area contributed by atoms with Crippen molar-refractivity contribution in [1.82, 2.24) is 15.2 Å². The fraction of sp³-hybridized carbons (Fsp3) is 0.769. The highest BCUT2D eigenvalue weighted by molar-refractivity contribution is 7.11. The summed E-state index contributed by atoms with van der Waals surface area (Å²) >= 11 is 1.86. The molecule has 94 valence electrons. The van der Waals surface area contributed by atoms with Gasteiger partial charge in [-0.1, -0.05) is 0 Å². The van der Waals surface area contributed by atoms with E-state index < -0.39 is 0 Å². The molecule has 2 aliphatic heterocycles. The number of nitrogens with zero attached hydrogens (tertiary/aromatic N) is 2. The first-order valence-corrected chi connectivity index (χ1v) is 7.42. The molecule has 1 aromatic rings. The molecular weight excluding hydrogens is 230 g/mol. The van der Waals surface area contributed by atoms with Crippen LogP contribution < -0.4 is 5.32 Å². The van der Waals surface area contributed by atoms with Crippen LogP contribution >= 0.6 is 11.3 Å². The minimum atomic E-state index is 0.801. The molecule has 0 aromatic carbocycles. The quantitative estimate of drug-likeness (QED) is 0.871. The Bertz CT molecular complexity index is 401. The largest absolute Gasteiger partial charge is 0.314 e. The molecule has 1 aromatic heterocycles. The number of aromatic nitrogens is 1. The second-order valence-electron chi connectivity index (χ2n) is 5.37. The van der Waals surface area contributed by atoms with E-state index in [4.69, 9.17) is 0 Å². The van der Waals surface area contributed by atoms with Crippen LogP contribution in [0.2, 0.25) is 0 Å². The summed E-state index contributed by atoms with van der Waals surface area (Å²) in [6.07, 6.45) is 2.68. The summed E-state index contributed by atoms with van der Waals surface area (Å²) in [5.74, 6) is 0.887. The normalized spacial score (nSPS) is 29.5. The second kappa shape index (κ2) is 4.67. The first-order valence-electron chi connectivity index (χ1n) is 6.61. The maximum Gasteiger partial charge on any atom is 0.0900 e. The number of piperidine rings is 1. The first-order chi connectivity index (χ1) is 8.22. The van der Waals surface area contributed by atoms with Crippen LogP contribution in [-0.4, -0.2) is 35.6 Å². The number of aryl methyl sites for hydroxylation is 2. The van der Waals surface area contributed by atoms with Gasteiger partial charge in [-0.25, -0.2) is 4.98 Å². The van der Waals surface area contributed by atoms with E-state index in [2.05, 4.69) is 29.0 Å². The molecule has 3 nitrogen and oxygen atoms in total. The highest BCUT2D eigenvalue weighted by Gasteiger charge is 2.32. The lowest BCUT2D eigenvalue weighted by Gasteiger charge is -2.34. The topological polar surface area (TPSA) is 28.2 Å². The summed E-state index contributed by atoms with van der Waals surface area (Å²) in [4.78, 5) is 8.61. The monoisotopic (exact) mass is 251 g/mol. The molecule has 1 N–H and O–H groups in total. The van der Waals surface area contributed by atoms with Gasteiger partial charge in [0.1, 0.15) is 0 Å². The van der Waals surface area contributed by atoms with Crippen molar-refractivity contribution in [2.24, 2.45) is 5.92 Å². The third kappa shape index (κ3) is 2.39. The zero-order valence-electron chi connectivity index (χ0n) is 10.7. The summed E-state index contributed by atoms with van der Waals surface area (Å²) in [7, 11) is 0. The third-order valence-corrected chi connectivity index (χ3v) is 5.16. The number of likely N-dealkylation sites (tertiary alicyclic amines) is 1. The minimum Gasteiger partial charge on any atom is -0.314 e. The third-order valence-electron chi connectivity index (χ3n) is 4.11. The van der Waals surface area contributed by atoms with Gasteiger partial charge in [-0.2, -0.15) is 0 Å². The Labute approximate surface area is 107 Å². The van der Waals surface area contributed by atoms with Crippen molar-refractivity contribution in [3.05, 3.63) is 15.6 Å². The van der Waals surface area contributed by atoms with Gasteiger partial charge in [0.05, 0.1) is 10.7 Å². The molecule has 2 saturated heterocycles. The standard InChI is InChI=1S/C13H21N3S/c1-9-13(17-10(2)15-9)8-16-6-4-12-11(7-16)3-5-14-12/h11-12,14H,3-8H2,1-2H3. The summed E-state index contributed by atoms with van der Waals surface area (Å²) in [5.41, 5.74) is 1.24. The molecule has 2 atom stereocenters. The van der Waals surface area contributed by atoms with Crippen molar-refractivity contribution < 1.29 is 0 Å². The Hall–Kier alpha value is -0.450. The maximum atomic E-state index is 4.52. The SMILES string of the molecule is Cc1nc(C)c(CN2CCC3NCCC3C2)s1. The molecule has 0 spiro atoms. The van der Waals surface area contributed by atoms with Gasteiger partial charge >= 0.3 is 0 Å². The Kier molecular flexibility index (Phi) is 3.19. The van der Waals surface area contributed by atoms with Gasteiger partial charge in [-0.05, 0) is 39.2 Å². The summed E-state index contributed by atoms with van der Waals surface area (Å²) in [6, 6.07) is 0.801. The van der Waals surface area contributed by atoms with E-state index in [1.807, 2.05) is 11.3 Å². The van der Waals surface area contributed by atoms with Crippen LogP contribution in [0.4, 0.5) is 0 Å². The molecule has 0 radical (unpaired) electrons. The number of rotatable bonds is 2. The molecule has 2 aliphatic rings. The van der Waals surface area contributed by atoms with E-state index >= 15 is 0 Å². The van der Waals surface area contributed by atoms with Crippen LogP contribution in [0.25, 0.3) is 0 Å². The van der Waals surface area contributed by atoms with Gasteiger partial charge in [0, 0.05) is 30.6 Å². The average Bonchev–Trinajstić information content (AvgIpc) is 2.85. The molecule has 0 bridgehead atoms. The van der Waals surface area contributed by atoms with Crippen LogP contribution in [0, 0.1) is 19.8 Å². The lowest BCUT2D eigenvalue weighted by molar-refractivity contribution is 0.157. The van der Waals surface area contributed by atoms with Crippen molar-refractivity contribution in [2.45, 2.75) is 39.3 Å². The van der Waals surface area contributed by atoms with Crippen LogP contribution in [-0.2, 0) is 6.54 Å². The molecule has 0 saturated carbocycles. The molecule has 3 rings (SSSR count). The fourth-order valence-electron chi connectivity index (χ4n) is 3.19. The smallest absolute Gasteiger partial charge is 0.0900 e. The fourth-order valence-corrected chi connectivity index (χ4v) is 4.17. The van der Waals surface area contributed by atoms with Gasteiger partial charge in [0.15, 0.2) is 0 Å². The summed E-state index contributed by atoms with van der Waals surface area (Å²) in [5, 5.41) is 4.83. The molecule has 3 heterocycles. The number of thiazole rings is 1. The Balaban J connectivity index is 1.64. The average molecular weight is 251 g/mol. The Morgan fingerprint density at radius 3 is 3.06 bits per heavy atom. The van der Waals surface area contributed by atoms with Crippen LogP contribution in [0.1, 0.15) is 28.4 Å². The van der Waals surface area contributed by atoms with Crippen molar-refractivity contribution in [3.63, 3.8) is 0 Å². The van der Waals surface area contributed by atoms with Crippen LogP contribution in [0.15, 0.2) is 0 Å². The van der Waals surface area contributed by atoms with Crippen molar-refractivity contribution in [2.75, 3.05) is 19.6 Å². The van der Waals surface area contributed by atoms with Gasteiger partial charge < -0.3 is 5.32 Å². The summed E-state index contributed by atoms with van der Waals surface area (Å²) in [6.45, 7) is 9.10. The second-order valence-corrected chi connectivity index (χ2v) is 6.66. The van der Waals surface area contributed by atoms with Gasteiger partial charge in [0.25, 0.3) is 0 Å². The molecule has 0 amide bonds.